The molecule has 1 aliphatic rings. The molecule has 0 heterocycles. The van der Waals surface area contributed by atoms with Crippen LogP contribution in [0.3, 0.4) is 0 Å². The zero-order chi connectivity index (χ0) is 11.3. The van der Waals surface area contributed by atoms with Crippen molar-refractivity contribution in [2.45, 2.75) is 58.0 Å². The second-order valence-corrected chi connectivity index (χ2v) is 4.43. The maximum atomic E-state index is 11.4. The first kappa shape index (κ1) is 12.5. The number of carbonyl (C=O) groups is 1. The zero-order valence-corrected chi connectivity index (χ0v) is 10.1. The number of rotatable bonds is 7. The fourth-order valence-corrected chi connectivity index (χ4v) is 1.89. The summed E-state index contributed by atoms with van der Waals surface area (Å²) in [6.07, 6.45) is 5.84. The monoisotopic (exact) mass is 213 g/mol. The zero-order valence-electron chi connectivity index (χ0n) is 10.1. The van der Waals surface area contributed by atoms with Crippen molar-refractivity contribution in [1.29, 1.82) is 0 Å². The molecule has 3 nitrogen and oxygen atoms in total. The lowest BCUT2D eigenvalue weighted by molar-refractivity contribution is -0.143. The van der Waals surface area contributed by atoms with Gasteiger partial charge in [0, 0.05) is 6.04 Å². The number of hydrogen-bond donors (Lipinski definition) is 1. The van der Waals surface area contributed by atoms with Crippen LogP contribution >= 0.6 is 0 Å². The van der Waals surface area contributed by atoms with Crippen molar-refractivity contribution < 1.29 is 9.53 Å². The molecule has 0 amide bonds. The highest BCUT2D eigenvalue weighted by Crippen LogP contribution is 2.34. The molecule has 88 valence electrons. The second kappa shape index (κ2) is 6.11. The summed E-state index contributed by atoms with van der Waals surface area (Å²) in [5.41, 5.74) is 0. The normalized spacial score (nSPS) is 19.7. The van der Waals surface area contributed by atoms with Crippen molar-refractivity contribution in [2.75, 3.05) is 7.11 Å². The fraction of sp³-hybridized carbons (Fsp3) is 0.917. The van der Waals surface area contributed by atoms with Crippen LogP contribution in [0.4, 0.5) is 0 Å². The minimum absolute atomic E-state index is 0.126. The molecular weight excluding hydrogens is 190 g/mol. The van der Waals surface area contributed by atoms with E-state index in [0.717, 1.165) is 18.8 Å². The quantitative estimate of drug-likeness (QED) is 0.658. The van der Waals surface area contributed by atoms with Gasteiger partial charge in [0.05, 0.1) is 7.11 Å². The molecule has 0 saturated heterocycles. The number of carbonyl (C=O) groups excluding carboxylic acids is 1. The van der Waals surface area contributed by atoms with Gasteiger partial charge in [0.1, 0.15) is 6.04 Å². The lowest BCUT2D eigenvalue weighted by Crippen LogP contribution is -2.43. The van der Waals surface area contributed by atoms with Gasteiger partial charge in [-0.15, -0.1) is 0 Å². The van der Waals surface area contributed by atoms with Gasteiger partial charge in [-0.05, 0) is 25.2 Å². The molecule has 15 heavy (non-hydrogen) atoms. The number of methoxy groups -OCH3 is 1. The molecule has 2 atom stereocenters. The van der Waals surface area contributed by atoms with Crippen LogP contribution in [-0.2, 0) is 9.53 Å². The van der Waals surface area contributed by atoms with Gasteiger partial charge in [0.25, 0.3) is 0 Å². The van der Waals surface area contributed by atoms with Crippen molar-refractivity contribution in [3.05, 3.63) is 0 Å². The first-order valence-electron chi connectivity index (χ1n) is 6.05. The topological polar surface area (TPSA) is 38.3 Å². The summed E-state index contributed by atoms with van der Waals surface area (Å²) in [6, 6.07) is 0.347. The molecule has 3 heteroatoms. The van der Waals surface area contributed by atoms with E-state index < -0.39 is 0 Å². The lowest BCUT2D eigenvalue weighted by atomic mass is 10.1. The summed E-state index contributed by atoms with van der Waals surface area (Å²) in [6.45, 7) is 4.18. The molecule has 1 saturated carbocycles. The van der Waals surface area contributed by atoms with E-state index in [2.05, 4.69) is 12.2 Å². The van der Waals surface area contributed by atoms with Crippen molar-refractivity contribution in [2.24, 2.45) is 5.92 Å². The summed E-state index contributed by atoms with van der Waals surface area (Å²) in [4.78, 5) is 11.4. The Kier molecular flexibility index (Phi) is 5.09. The molecule has 1 aliphatic carbocycles. The standard InChI is InChI=1S/C12H23NO2/c1-4-10(8-9-6-7-9)13-11(5-2)12(14)15-3/h9-11,13H,4-8H2,1-3H3. The average molecular weight is 213 g/mol. The maximum absolute atomic E-state index is 11.4. The van der Waals surface area contributed by atoms with Crippen LogP contribution < -0.4 is 5.32 Å². The SMILES string of the molecule is CCC(CC1CC1)NC(CC)C(=O)OC. The molecule has 0 spiro atoms. The third-order valence-electron chi connectivity index (χ3n) is 3.14. The highest BCUT2D eigenvalue weighted by molar-refractivity contribution is 5.75. The van der Waals surface area contributed by atoms with Crippen LogP contribution in [0.1, 0.15) is 46.0 Å². The van der Waals surface area contributed by atoms with E-state index >= 15 is 0 Å². The smallest absolute Gasteiger partial charge is 0.322 e. The Morgan fingerprint density at radius 1 is 1.40 bits per heavy atom. The van der Waals surface area contributed by atoms with E-state index in [1.165, 1.54) is 26.4 Å². The van der Waals surface area contributed by atoms with Crippen molar-refractivity contribution in [3.63, 3.8) is 0 Å². The van der Waals surface area contributed by atoms with Gasteiger partial charge in [-0.2, -0.15) is 0 Å². The number of nitrogens with one attached hydrogen (secondary N) is 1. The number of esters is 1. The minimum atomic E-state index is -0.133. The summed E-state index contributed by atoms with van der Waals surface area (Å²) in [7, 11) is 1.45. The Labute approximate surface area is 92.6 Å². The average Bonchev–Trinajstić information content (AvgIpc) is 3.06. The highest BCUT2D eigenvalue weighted by atomic mass is 16.5. The van der Waals surface area contributed by atoms with Gasteiger partial charge in [-0.1, -0.05) is 26.7 Å². The molecule has 0 bridgehead atoms. The Bertz CT molecular complexity index is 202. The highest BCUT2D eigenvalue weighted by Gasteiger charge is 2.27. The predicted molar refractivity (Wildman–Crippen MR) is 60.7 cm³/mol. The van der Waals surface area contributed by atoms with Gasteiger partial charge < -0.3 is 10.1 Å². The number of hydrogen-bond acceptors (Lipinski definition) is 3. The van der Waals surface area contributed by atoms with Gasteiger partial charge in [0.2, 0.25) is 0 Å². The Balaban J connectivity index is 2.35. The Morgan fingerprint density at radius 3 is 2.47 bits per heavy atom. The van der Waals surface area contributed by atoms with Crippen LogP contribution in [0.25, 0.3) is 0 Å². The summed E-state index contributed by atoms with van der Waals surface area (Å²) >= 11 is 0. The molecule has 0 aromatic carbocycles. The minimum Gasteiger partial charge on any atom is -0.468 e. The van der Waals surface area contributed by atoms with E-state index in [1.54, 1.807) is 0 Å². The van der Waals surface area contributed by atoms with Gasteiger partial charge in [-0.3, -0.25) is 4.79 Å². The fourth-order valence-electron chi connectivity index (χ4n) is 1.89. The molecule has 1 N–H and O–H groups in total. The van der Waals surface area contributed by atoms with E-state index in [4.69, 9.17) is 4.74 Å². The van der Waals surface area contributed by atoms with Crippen LogP contribution in [0, 0.1) is 5.92 Å². The summed E-state index contributed by atoms with van der Waals surface area (Å²) < 4.78 is 4.77. The van der Waals surface area contributed by atoms with E-state index in [1.807, 2.05) is 6.92 Å². The summed E-state index contributed by atoms with van der Waals surface area (Å²) in [5, 5.41) is 3.40. The molecular formula is C12H23NO2. The van der Waals surface area contributed by atoms with Crippen molar-refractivity contribution in [1.82, 2.24) is 5.32 Å². The Morgan fingerprint density at radius 2 is 2.07 bits per heavy atom. The van der Waals surface area contributed by atoms with Gasteiger partial charge in [-0.25, -0.2) is 0 Å². The first-order chi connectivity index (χ1) is 7.21. The Hall–Kier alpha value is -0.570. The molecule has 2 unspecified atom stereocenters. The largest absolute Gasteiger partial charge is 0.468 e. The molecule has 0 aromatic heterocycles. The van der Waals surface area contributed by atoms with Crippen LogP contribution in [0.2, 0.25) is 0 Å². The van der Waals surface area contributed by atoms with Gasteiger partial charge in [0.15, 0.2) is 0 Å². The second-order valence-electron chi connectivity index (χ2n) is 4.43. The van der Waals surface area contributed by atoms with E-state index in [-0.39, 0.29) is 12.0 Å². The van der Waals surface area contributed by atoms with Crippen LogP contribution in [0.5, 0.6) is 0 Å². The van der Waals surface area contributed by atoms with E-state index in [0.29, 0.717) is 6.04 Å². The molecule has 0 aromatic rings. The van der Waals surface area contributed by atoms with Crippen LogP contribution in [-0.4, -0.2) is 25.2 Å². The third kappa shape index (κ3) is 4.20. The molecule has 0 aliphatic heterocycles. The third-order valence-corrected chi connectivity index (χ3v) is 3.14. The molecule has 1 fully saturated rings. The van der Waals surface area contributed by atoms with Crippen molar-refractivity contribution in [3.8, 4) is 0 Å². The first-order valence-corrected chi connectivity index (χ1v) is 6.05. The predicted octanol–water partition coefficient (Wildman–Crippen LogP) is 2.11. The van der Waals surface area contributed by atoms with Crippen molar-refractivity contribution >= 4 is 5.97 Å². The maximum Gasteiger partial charge on any atom is 0.322 e. The van der Waals surface area contributed by atoms with Gasteiger partial charge >= 0.3 is 5.97 Å². The lowest BCUT2D eigenvalue weighted by Gasteiger charge is -2.22. The number of ether oxygens (including phenoxy) is 1. The molecule has 0 radical (unpaired) electrons. The molecule has 1 rings (SSSR count). The summed E-state index contributed by atoms with van der Waals surface area (Å²) in [5.74, 6) is 0.768. The van der Waals surface area contributed by atoms with Crippen LogP contribution in [0.15, 0.2) is 0 Å². The van der Waals surface area contributed by atoms with E-state index in [9.17, 15) is 4.79 Å².